The van der Waals surface area contributed by atoms with E-state index in [1.807, 2.05) is 12.1 Å². The van der Waals surface area contributed by atoms with E-state index in [1.165, 1.54) is 44.9 Å². The van der Waals surface area contributed by atoms with Gasteiger partial charge in [-0.2, -0.15) is 0 Å². The fourth-order valence-electron chi connectivity index (χ4n) is 4.56. The molecule has 0 N–H and O–H groups in total. The van der Waals surface area contributed by atoms with Crippen molar-refractivity contribution in [2.75, 3.05) is 4.90 Å². The van der Waals surface area contributed by atoms with E-state index in [0.717, 1.165) is 17.5 Å². The van der Waals surface area contributed by atoms with Gasteiger partial charge in [-0.1, -0.05) is 52.4 Å². The zero-order chi connectivity index (χ0) is 16.4. The van der Waals surface area contributed by atoms with Gasteiger partial charge in [0.1, 0.15) is 0 Å². The molecular formula is C19H28N2O2. The molecule has 3 atom stereocenters. The van der Waals surface area contributed by atoms with Gasteiger partial charge in [-0.3, -0.25) is 10.1 Å². The quantitative estimate of drug-likeness (QED) is 0.413. The van der Waals surface area contributed by atoms with Crippen LogP contribution in [0.5, 0.6) is 0 Å². The smallest absolute Gasteiger partial charge is 0.269 e. The molecule has 1 saturated carbocycles. The van der Waals surface area contributed by atoms with Crippen molar-refractivity contribution >= 4 is 11.4 Å². The summed E-state index contributed by atoms with van der Waals surface area (Å²) in [5, 5.41) is 10.8. The zero-order valence-electron chi connectivity index (χ0n) is 14.3. The Morgan fingerprint density at radius 1 is 1.22 bits per heavy atom. The highest BCUT2D eigenvalue weighted by Gasteiger charge is 2.51. The number of nitro benzene ring substituents is 1. The Labute approximate surface area is 139 Å². The fraction of sp³-hybridized carbons (Fsp3) is 0.684. The van der Waals surface area contributed by atoms with Gasteiger partial charge in [0.15, 0.2) is 0 Å². The maximum absolute atomic E-state index is 10.8. The Morgan fingerprint density at radius 2 is 1.87 bits per heavy atom. The molecule has 4 heteroatoms. The van der Waals surface area contributed by atoms with E-state index >= 15 is 0 Å². The summed E-state index contributed by atoms with van der Waals surface area (Å²) in [7, 11) is 0. The molecule has 0 aromatic heterocycles. The van der Waals surface area contributed by atoms with Crippen molar-refractivity contribution in [3.63, 3.8) is 0 Å². The van der Waals surface area contributed by atoms with Crippen LogP contribution in [0.2, 0.25) is 0 Å². The molecule has 3 rings (SSSR count). The van der Waals surface area contributed by atoms with E-state index in [0.29, 0.717) is 12.1 Å². The van der Waals surface area contributed by atoms with Gasteiger partial charge in [0, 0.05) is 23.9 Å². The van der Waals surface area contributed by atoms with Gasteiger partial charge in [-0.05, 0) is 30.4 Å². The molecule has 1 heterocycles. The highest BCUT2D eigenvalue weighted by atomic mass is 16.6. The molecule has 1 aliphatic heterocycles. The number of benzene rings is 1. The van der Waals surface area contributed by atoms with Crippen LogP contribution in [0.4, 0.5) is 11.4 Å². The van der Waals surface area contributed by atoms with Crippen LogP contribution in [0.3, 0.4) is 0 Å². The molecule has 4 nitrogen and oxygen atoms in total. The first-order valence-corrected chi connectivity index (χ1v) is 9.16. The van der Waals surface area contributed by atoms with E-state index in [2.05, 4.69) is 18.7 Å². The second-order valence-electron chi connectivity index (χ2n) is 7.28. The lowest BCUT2D eigenvalue weighted by atomic mass is 9.78. The third kappa shape index (κ3) is 3.36. The highest BCUT2D eigenvalue weighted by molar-refractivity contribution is 5.59. The van der Waals surface area contributed by atoms with Gasteiger partial charge >= 0.3 is 0 Å². The van der Waals surface area contributed by atoms with Crippen LogP contribution in [0, 0.1) is 22.0 Å². The first-order chi connectivity index (χ1) is 11.1. The van der Waals surface area contributed by atoms with Crippen molar-refractivity contribution in [2.45, 2.75) is 70.9 Å². The number of anilines is 1. The first-order valence-electron chi connectivity index (χ1n) is 9.16. The van der Waals surface area contributed by atoms with Crippen molar-refractivity contribution in [3.8, 4) is 0 Å². The number of non-ortho nitro benzene ring substituents is 1. The molecule has 0 amide bonds. The summed E-state index contributed by atoms with van der Waals surface area (Å²) < 4.78 is 0. The normalized spacial score (nSPS) is 26.1. The largest absolute Gasteiger partial charge is 0.361 e. The average Bonchev–Trinajstić information content (AvgIpc) is 3.29. The second-order valence-corrected chi connectivity index (χ2v) is 7.28. The van der Waals surface area contributed by atoms with Gasteiger partial charge in [0.05, 0.1) is 11.0 Å². The zero-order valence-corrected chi connectivity index (χ0v) is 14.3. The maximum atomic E-state index is 10.8. The lowest BCUT2D eigenvalue weighted by molar-refractivity contribution is -0.384. The fourth-order valence-corrected chi connectivity index (χ4v) is 4.56. The summed E-state index contributed by atoms with van der Waals surface area (Å²) in [6.45, 7) is 4.67. The lowest BCUT2D eigenvalue weighted by Crippen LogP contribution is -2.22. The standard InChI is InChI=1S/C19H28N2O2/c1-3-7-18-19(14(2)15-8-5-4-6-9-15)20(18)16-10-12-17(13-11-16)21(22)23/h10-15,18-19H,3-9H2,1-2H3/t14?,18-,19+,20?/m1/s1. The molecule has 2 fully saturated rings. The molecule has 2 aliphatic rings. The summed E-state index contributed by atoms with van der Waals surface area (Å²) in [6, 6.07) is 8.37. The van der Waals surface area contributed by atoms with Crippen LogP contribution in [0.1, 0.15) is 58.8 Å². The van der Waals surface area contributed by atoms with Gasteiger partial charge in [0.2, 0.25) is 0 Å². The predicted octanol–water partition coefficient (Wildman–Crippen LogP) is 5.17. The van der Waals surface area contributed by atoms with E-state index in [4.69, 9.17) is 0 Å². The van der Waals surface area contributed by atoms with E-state index < -0.39 is 0 Å². The molecule has 1 unspecified atom stereocenters. The van der Waals surface area contributed by atoms with Crippen LogP contribution in [-0.2, 0) is 0 Å². The highest BCUT2D eigenvalue weighted by Crippen LogP contribution is 2.46. The first kappa shape index (κ1) is 16.3. The molecule has 1 aliphatic carbocycles. The minimum absolute atomic E-state index is 0.180. The van der Waals surface area contributed by atoms with Crippen LogP contribution >= 0.6 is 0 Å². The Kier molecular flexibility index (Phi) is 4.88. The van der Waals surface area contributed by atoms with Crippen molar-refractivity contribution in [3.05, 3.63) is 34.4 Å². The minimum atomic E-state index is -0.322. The van der Waals surface area contributed by atoms with Gasteiger partial charge in [-0.15, -0.1) is 0 Å². The number of nitro groups is 1. The monoisotopic (exact) mass is 316 g/mol. The molecule has 1 saturated heterocycles. The summed E-state index contributed by atoms with van der Waals surface area (Å²) in [6.07, 6.45) is 9.35. The Bertz CT molecular complexity index is 537. The van der Waals surface area contributed by atoms with Crippen LogP contribution < -0.4 is 4.90 Å². The predicted molar refractivity (Wildman–Crippen MR) is 93.8 cm³/mol. The second kappa shape index (κ2) is 6.90. The number of nitrogens with zero attached hydrogens (tertiary/aromatic N) is 2. The molecule has 0 radical (unpaired) electrons. The van der Waals surface area contributed by atoms with Gasteiger partial charge in [0.25, 0.3) is 5.69 Å². The topological polar surface area (TPSA) is 46.1 Å². The summed E-state index contributed by atoms with van der Waals surface area (Å²) in [5.41, 5.74) is 1.33. The molecule has 126 valence electrons. The van der Waals surface area contributed by atoms with E-state index in [-0.39, 0.29) is 10.6 Å². The molecular weight excluding hydrogens is 288 g/mol. The van der Waals surface area contributed by atoms with Crippen LogP contribution in [-0.4, -0.2) is 17.0 Å². The Balaban J connectivity index is 1.73. The molecule has 1 aromatic carbocycles. The van der Waals surface area contributed by atoms with E-state index in [9.17, 15) is 10.1 Å². The summed E-state index contributed by atoms with van der Waals surface area (Å²) in [4.78, 5) is 13.0. The van der Waals surface area contributed by atoms with Gasteiger partial charge in [-0.25, -0.2) is 0 Å². The Morgan fingerprint density at radius 3 is 2.43 bits per heavy atom. The third-order valence-electron chi connectivity index (χ3n) is 5.86. The number of hydrogen-bond donors (Lipinski definition) is 0. The van der Waals surface area contributed by atoms with Crippen molar-refractivity contribution in [1.29, 1.82) is 0 Å². The SMILES string of the molecule is CCC[C@@H]1[C@H](C(C)C2CCCCC2)N1c1ccc([N+](=O)[O-])cc1. The summed E-state index contributed by atoms with van der Waals surface area (Å²) in [5.74, 6) is 1.58. The molecule has 1 aromatic rings. The molecule has 0 bridgehead atoms. The number of hydrogen-bond acceptors (Lipinski definition) is 3. The van der Waals surface area contributed by atoms with Crippen LogP contribution in [0.25, 0.3) is 0 Å². The van der Waals surface area contributed by atoms with Crippen LogP contribution in [0.15, 0.2) is 24.3 Å². The Hall–Kier alpha value is -1.58. The lowest BCUT2D eigenvalue weighted by Gasteiger charge is -2.27. The van der Waals surface area contributed by atoms with Gasteiger partial charge < -0.3 is 4.90 Å². The van der Waals surface area contributed by atoms with E-state index in [1.54, 1.807) is 12.1 Å². The average molecular weight is 316 g/mol. The molecule has 23 heavy (non-hydrogen) atoms. The number of rotatable bonds is 6. The molecule has 0 spiro atoms. The maximum Gasteiger partial charge on any atom is 0.269 e. The third-order valence-corrected chi connectivity index (χ3v) is 5.86. The van der Waals surface area contributed by atoms with Crippen molar-refractivity contribution in [2.24, 2.45) is 11.8 Å². The van der Waals surface area contributed by atoms with Crippen molar-refractivity contribution in [1.82, 2.24) is 0 Å². The van der Waals surface area contributed by atoms with Crippen molar-refractivity contribution < 1.29 is 4.92 Å². The minimum Gasteiger partial charge on any atom is -0.361 e. The summed E-state index contributed by atoms with van der Waals surface area (Å²) >= 11 is 0.